The van der Waals surface area contributed by atoms with Crippen LogP contribution in [0.5, 0.6) is 0 Å². The lowest BCUT2D eigenvalue weighted by molar-refractivity contribution is 0.371. The summed E-state index contributed by atoms with van der Waals surface area (Å²) in [5, 5.41) is 4.33. The maximum Gasteiger partial charge on any atom is 0.205 e. The van der Waals surface area contributed by atoms with E-state index < -0.39 is 11.6 Å². The van der Waals surface area contributed by atoms with Crippen molar-refractivity contribution in [2.75, 3.05) is 44.7 Å². The van der Waals surface area contributed by atoms with Gasteiger partial charge in [-0.2, -0.15) is 4.37 Å². The number of piperazine rings is 1. The molecule has 1 atom stereocenters. The molecule has 9 heteroatoms. The number of anilines is 1. The summed E-state index contributed by atoms with van der Waals surface area (Å²) in [4.78, 5) is 13.4. The average Bonchev–Trinajstić information content (AvgIpc) is 3.20. The number of rotatable bonds is 5. The van der Waals surface area contributed by atoms with Crippen LogP contribution in [0.3, 0.4) is 0 Å². The third kappa shape index (κ3) is 4.76. The summed E-state index contributed by atoms with van der Waals surface area (Å²) in [5.41, 5.74) is 0.759. The number of hydrogen-bond donors (Lipinski definition) is 1. The number of benzene rings is 1. The molecular weight excluding hydrogens is 382 g/mol. The van der Waals surface area contributed by atoms with E-state index in [0.29, 0.717) is 6.54 Å². The minimum Gasteiger partial charge on any atom is -0.356 e. The lowest BCUT2D eigenvalue weighted by atomic mass is 10.0. The molecule has 0 radical (unpaired) electrons. The molecule has 1 saturated heterocycles. The summed E-state index contributed by atoms with van der Waals surface area (Å²) in [6, 6.07) is 4.06. The van der Waals surface area contributed by atoms with Gasteiger partial charge in [-0.1, -0.05) is 19.9 Å². The van der Waals surface area contributed by atoms with E-state index in [9.17, 15) is 8.78 Å². The molecule has 152 valence electrons. The maximum absolute atomic E-state index is 13.5. The number of aryl methyl sites for hydroxylation is 1. The molecule has 1 N–H and O–H groups in total. The van der Waals surface area contributed by atoms with Gasteiger partial charge < -0.3 is 15.1 Å². The van der Waals surface area contributed by atoms with Crippen LogP contribution in [0, 0.1) is 11.6 Å². The van der Waals surface area contributed by atoms with Gasteiger partial charge in [0.1, 0.15) is 5.82 Å². The molecule has 2 heterocycles. The lowest BCUT2D eigenvalue weighted by Gasteiger charge is -2.36. The minimum absolute atomic E-state index is 0.0296. The van der Waals surface area contributed by atoms with Crippen molar-refractivity contribution in [3.05, 3.63) is 41.2 Å². The summed E-state index contributed by atoms with van der Waals surface area (Å²) in [5.74, 6) is 0.112. The van der Waals surface area contributed by atoms with Crippen LogP contribution in [0.1, 0.15) is 31.2 Å². The van der Waals surface area contributed by atoms with Gasteiger partial charge in [0.15, 0.2) is 17.6 Å². The second kappa shape index (κ2) is 9.27. The Morgan fingerprint density at radius 2 is 2.00 bits per heavy atom. The molecule has 0 bridgehead atoms. The lowest BCUT2D eigenvalue weighted by Crippen LogP contribution is -2.53. The Kier molecular flexibility index (Phi) is 6.77. The number of halogens is 2. The Bertz CT molecular complexity index is 817. The molecule has 1 fully saturated rings. The predicted octanol–water partition coefficient (Wildman–Crippen LogP) is 2.88. The smallest absolute Gasteiger partial charge is 0.205 e. The first-order chi connectivity index (χ1) is 13.5. The van der Waals surface area contributed by atoms with E-state index in [1.807, 2.05) is 6.92 Å². The number of nitrogens with zero attached hydrogens (tertiary/aromatic N) is 5. The number of aliphatic imine (C=N–C) groups is 1. The van der Waals surface area contributed by atoms with Crippen LogP contribution >= 0.6 is 11.5 Å². The second-order valence-corrected chi connectivity index (χ2v) is 7.55. The van der Waals surface area contributed by atoms with Gasteiger partial charge in [-0.05, 0) is 23.6 Å². The fourth-order valence-electron chi connectivity index (χ4n) is 3.14. The van der Waals surface area contributed by atoms with Gasteiger partial charge in [-0.25, -0.2) is 13.8 Å². The topological polar surface area (TPSA) is 56.7 Å². The van der Waals surface area contributed by atoms with Crippen molar-refractivity contribution < 1.29 is 8.78 Å². The molecule has 28 heavy (non-hydrogen) atoms. The van der Waals surface area contributed by atoms with E-state index in [2.05, 4.69) is 36.4 Å². The summed E-state index contributed by atoms with van der Waals surface area (Å²) >= 11 is 1.45. The van der Waals surface area contributed by atoms with E-state index in [4.69, 9.17) is 0 Å². The van der Waals surface area contributed by atoms with E-state index in [0.717, 1.165) is 55.1 Å². The van der Waals surface area contributed by atoms with Gasteiger partial charge in [-0.15, -0.1) is 0 Å². The van der Waals surface area contributed by atoms with Crippen LogP contribution < -0.4 is 10.2 Å². The molecule has 1 unspecified atom stereocenters. The molecular formula is C19H26F2N6S. The van der Waals surface area contributed by atoms with Gasteiger partial charge in [0, 0.05) is 57.7 Å². The predicted molar refractivity (Wildman–Crippen MR) is 109 cm³/mol. The fourth-order valence-corrected chi connectivity index (χ4v) is 3.94. The molecule has 0 saturated carbocycles. The molecule has 0 aliphatic carbocycles. The largest absolute Gasteiger partial charge is 0.356 e. The third-order valence-electron chi connectivity index (χ3n) is 4.91. The van der Waals surface area contributed by atoms with Gasteiger partial charge in [-0.3, -0.25) is 4.99 Å². The quantitative estimate of drug-likeness (QED) is 0.609. The first-order valence-electron chi connectivity index (χ1n) is 9.49. The van der Waals surface area contributed by atoms with Gasteiger partial charge in [0.2, 0.25) is 5.13 Å². The Hall–Kier alpha value is -2.29. The molecule has 1 aliphatic heterocycles. The standard InChI is InChI=1S/C19H26F2N6S/c1-4-17-24-19(28-25-17)27-9-7-26(8-10-27)18(22-3)23-12-13(2)14-5-6-15(20)16(21)11-14/h5-6,11,13H,4,7-10,12H2,1-3H3,(H,22,23). The van der Waals surface area contributed by atoms with Crippen molar-refractivity contribution in [3.63, 3.8) is 0 Å². The summed E-state index contributed by atoms with van der Waals surface area (Å²) in [7, 11) is 1.76. The summed E-state index contributed by atoms with van der Waals surface area (Å²) in [6.45, 7) is 8.01. The highest BCUT2D eigenvalue weighted by Crippen LogP contribution is 2.20. The highest BCUT2D eigenvalue weighted by molar-refractivity contribution is 7.09. The molecule has 2 aromatic rings. The fraction of sp³-hybridized carbons (Fsp3) is 0.526. The Morgan fingerprint density at radius 3 is 2.61 bits per heavy atom. The molecule has 1 aromatic heterocycles. The number of nitrogens with one attached hydrogen (secondary N) is 1. The van der Waals surface area contributed by atoms with Crippen molar-refractivity contribution in [2.24, 2.45) is 4.99 Å². The normalized spacial score (nSPS) is 16.4. The van der Waals surface area contributed by atoms with Gasteiger partial charge in [0.25, 0.3) is 0 Å². The second-order valence-electron chi connectivity index (χ2n) is 6.82. The van der Waals surface area contributed by atoms with Crippen LogP contribution in [0.4, 0.5) is 13.9 Å². The SMILES string of the molecule is CCc1nsc(N2CCN(C(=NC)NCC(C)c3ccc(F)c(F)c3)CC2)n1. The summed E-state index contributed by atoms with van der Waals surface area (Å²) < 4.78 is 30.9. The van der Waals surface area contributed by atoms with Crippen molar-refractivity contribution in [3.8, 4) is 0 Å². The van der Waals surface area contributed by atoms with E-state index >= 15 is 0 Å². The van der Waals surface area contributed by atoms with E-state index in [1.165, 1.54) is 23.7 Å². The number of guanidine groups is 1. The van der Waals surface area contributed by atoms with Crippen molar-refractivity contribution in [1.82, 2.24) is 19.6 Å². The third-order valence-corrected chi connectivity index (χ3v) is 5.73. The zero-order valence-electron chi connectivity index (χ0n) is 16.5. The maximum atomic E-state index is 13.5. The first-order valence-corrected chi connectivity index (χ1v) is 10.3. The van der Waals surface area contributed by atoms with Crippen LogP contribution in [0.25, 0.3) is 0 Å². The highest BCUT2D eigenvalue weighted by Gasteiger charge is 2.22. The van der Waals surface area contributed by atoms with Crippen LogP contribution in [0.15, 0.2) is 23.2 Å². The molecule has 0 spiro atoms. The van der Waals surface area contributed by atoms with Crippen LogP contribution in [-0.2, 0) is 6.42 Å². The highest BCUT2D eigenvalue weighted by atomic mass is 32.1. The monoisotopic (exact) mass is 408 g/mol. The Labute approximate surface area is 168 Å². The minimum atomic E-state index is -0.820. The Morgan fingerprint density at radius 1 is 1.25 bits per heavy atom. The van der Waals surface area contributed by atoms with E-state index in [-0.39, 0.29) is 5.92 Å². The molecule has 3 rings (SSSR count). The average molecular weight is 409 g/mol. The number of aromatic nitrogens is 2. The van der Waals surface area contributed by atoms with Gasteiger partial charge in [0.05, 0.1) is 0 Å². The molecule has 1 aromatic carbocycles. The van der Waals surface area contributed by atoms with Crippen molar-refractivity contribution in [1.29, 1.82) is 0 Å². The first kappa shape index (κ1) is 20.4. The van der Waals surface area contributed by atoms with Crippen LogP contribution in [0.2, 0.25) is 0 Å². The van der Waals surface area contributed by atoms with E-state index in [1.54, 1.807) is 13.1 Å². The van der Waals surface area contributed by atoms with Crippen LogP contribution in [-0.4, -0.2) is 60.0 Å². The molecule has 0 amide bonds. The zero-order valence-corrected chi connectivity index (χ0v) is 17.3. The van der Waals surface area contributed by atoms with Crippen molar-refractivity contribution in [2.45, 2.75) is 26.2 Å². The summed E-state index contributed by atoms with van der Waals surface area (Å²) in [6.07, 6.45) is 0.850. The zero-order chi connectivity index (χ0) is 20.1. The Balaban J connectivity index is 1.52. The molecule has 6 nitrogen and oxygen atoms in total. The van der Waals surface area contributed by atoms with Crippen molar-refractivity contribution >= 4 is 22.6 Å². The number of hydrogen-bond acceptors (Lipinski definition) is 5. The molecule has 1 aliphatic rings. The van der Waals surface area contributed by atoms with Gasteiger partial charge >= 0.3 is 0 Å².